The van der Waals surface area contributed by atoms with Gasteiger partial charge in [-0.3, -0.25) is 9.59 Å². The third-order valence-electron chi connectivity index (χ3n) is 5.11. The number of thioether (sulfide) groups is 1. The van der Waals surface area contributed by atoms with Crippen LogP contribution in [0.2, 0.25) is 0 Å². The number of esters is 1. The van der Waals surface area contributed by atoms with Gasteiger partial charge in [0.25, 0.3) is 5.91 Å². The Morgan fingerprint density at radius 3 is 2.43 bits per heavy atom. The largest absolute Gasteiger partial charge is 0.462 e. The van der Waals surface area contributed by atoms with Crippen LogP contribution in [0.5, 0.6) is 0 Å². The number of anilines is 2. The minimum absolute atomic E-state index is 0.0306. The minimum Gasteiger partial charge on any atom is -0.462 e. The van der Waals surface area contributed by atoms with Crippen molar-refractivity contribution in [1.82, 2.24) is 14.8 Å². The van der Waals surface area contributed by atoms with E-state index >= 15 is 0 Å². The number of rotatable bonds is 10. The number of carbonyl (C=O) groups excluding carboxylic acids is 3. The number of nitrogens with zero attached hydrogens (tertiary/aromatic N) is 4. The molecule has 0 atom stereocenters. The van der Waals surface area contributed by atoms with E-state index in [1.165, 1.54) is 11.8 Å². The lowest BCUT2D eigenvalue weighted by Gasteiger charge is -2.13. The Morgan fingerprint density at radius 1 is 1.17 bits per heavy atom. The fraction of sp³-hybridized carbons (Fsp3) is 0.348. The summed E-state index contributed by atoms with van der Waals surface area (Å²) in [5, 5.41) is 12.1. The number of aromatic nitrogens is 3. The van der Waals surface area contributed by atoms with E-state index in [4.69, 9.17) is 10.5 Å². The molecule has 0 spiro atoms. The first-order valence-corrected chi connectivity index (χ1v) is 12.7. The number of nitrogens with two attached hydrogens (primary N) is 1. The van der Waals surface area contributed by atoms with Gasteiger partial charge in [-0.15, -0.1) is 21.5 Å². The average Bonchev–Trinajstić information content (AvgIpc) is 3.38. The van der Waals surface area contributed by atoms with Crippen LogP contribution in [-0.2, 0) is 16.1 Å². The Morgan fingerprint density at radius 2 is 1.86 bits per heavy atom. The summed E-state index contributed by atoms with van der Waals surface area (Å²) in [4.78, 5) is 39.1. The Balaban J connectivity index is 1.76. The molecule has 0 saturated heterocycles. The van der Waals surface area contributed by atoms with Gasteiger partial charge in [-0.1, -0.05) is 11.8 Å². The first-order valence-electron chi connectivity index (χ1n) is 10.9. The summed E-state index contributed by atoms with van der Waals surface area (Å²) in [6.07, 6.45) is 0. The maximum Gasteiger partial charge on any atom is 0.341 e. The van der Waals surface area contributed by atoms with Crippen LogP contribution in [0.3, 0.4) is 0 Å². The molecule has 3 aromatic rings. The van der Waals surface area contributed by atoms with Crippen molar-refractivity contribution in [3.63, 3.8) is 0 Å². The van der Waals surface area contributed by atoms with Gasteiger partial charge < -0.3 is 25.3 Å². The van der Waals surface area contributed by atoms with Gasteiger partial charge in [-0.25, -0.2) is 4.79 Å². The Bertz CT molecular complexity index is 1230. The summed E-state index contributed by atoms with van der Waals surface area (Å²) in [6, 6.07) is 7.99. The molecule has 0 aliphatic rings. The standard InChI is InChI=1S/C23H28N6O4S2/c1-6-29-20(14-8-10-15(11-9-14)28(4)5)26-27-23(29)34-12-16(30)25-21-17(22(32)33-7-2)13(3)18(35-21)19(24)31/h8-11H,6-7,12H2,1-5H3,(H2,24,31)(H,25,30). The van der Waals surface area contributed by atoms with Crippen molar-refractivity contribution >= 4 is 51.6 Å². The molecule has 0 saturated carbocycles. The van der Waals surface area contributed by atoms with Gasteiger partial charge in [0, 0.05) is 31.9 Å². The van der Waals surface area contributed by atoms with E-state index < -0.39 is 11.9 Å². The summed E-state index contributed by atoms with van der Waals surface area (Å²) in [7, 11) is 3.95. The first-order chi connectivity index (χ1) is 16.7. The zero-order valence-corrected chi connectivity index (χ0v) is 21.9. The monoisotopic (exact) mass is 516 g/mol. The zero-order chi connectivity index (χ0) is 25.7. The number of hydrogen-bond acceptors (Lipinski definition) is 9. The van der Waals surface area contributed by atoms with E-state index in [0.717, 1.165) is 22.6 Å². The molecule has 0 fully saturated rings. The van der Waals surface area contributed by atoms with Crippen molar-refractivity contribution < 1.29 is 19.1 Å². The maximum atomic E-state index is 12.7. The summed E-state index contributed by atoms with van der Waals surface area (Å²) in [6.45, 7) is 6.05. The molecule has 0 radical (unpaired) electrons. The van der Waals surface area contributed by atoms with Crippen LogP contribution in [0.25, 0.3) is 11.4 Å². The van der Waals surface area contributed by atoms with E-state index in [1.54, 1.807) is 13.8 Å². The molecule has 0 bridgehead atoms. The maximum absolute atomic E-state index is 12.7. The fourth-order valence-corrected chi connectivity index (χ4v) is 5.25. The van der Waals surface area contributed by atoms with Gasteiger partial charge in [-0.2, -0.15) is 0 Å². The molecular formula is C23H28N6O4S2. The molecule has 2 amide bonds. The quantitative estimate of drug-likeness (QED) is 0.309. The number of benzene rings is 1. The van der Waals surface area contributed by atoms with Crippen LogP contribution >= 0.6 is 23.1 Å². The second kappa shape index (κ2) is 11.4. The fourth-order valence-electron chi connectivity index (χ4n) is 3.38. The summed E-state index contributed by atoms with van der Waals surface area (Å²) in [5.74, 6) is -0.906. The van der Waals surface area contributed by atoms with Gasteiger partial charge >= 0.3 is 5.97 Å². The normalized spacial score (nSPS) is 10.8. The van der Waals surface area contributed by atoms with Gasteiger partial charge in [0.15, 0.2) is 11.0 Å². The molecule has 0 aliphatic carbocycles. The van der Waals surface area contributed by atoms with Crippen LogP contribution < -0.4 is 16.0 Å². The number of primary amides is 1. The molecule has 3 N–H and O–H groups in total. The Kier molecular flexibility index (Phi) is 8.52. The number of nitrogens with one attached hydrogen (secondary N) is 1. The van der Waals surface area contributed by atoms with Gasteiger partial charge in [0.05, 0.1) is 22.8 Å². The molecule has 12 heteroatoms. The summed E-state index contributed by atoms with van der Waals surface area (Å²) < 4.78 is 7.02. The molecule has 2 aromatic heterocycles. The van der Waals surface area contributed by atoms with Crippen molar-refractivity contribution in [2.45, 2.75) is 32.5 Å². The zero-order valence-electron chi connectivity index (χ0n) is 20.2. The third kappa shape index (κ3) is 5.82. The van der Waals surface area contributed by atoms with E-state index in [1.807, 2.05) is 54.8 Å². The predicted molar refractivity (Wildman–Crippen MR) is 138 cm³/mol. The lowest BCUT2D eigenvalue weighted by atomic mass is 10.1. The number of carbonyl (C=O) groups is 3. The van der Waals surface area contributed by atoms with E-state index in [0.29, 0.717) is 23.1 Å². The lowest BCUT2D eigenvalue weighted by molar-refractivity contribution is -0.113. The smallest absolute Gasteiger partial charge is 0.341 e. The van der Waals surface area contributed by atoms with Crippen molar-refractivity contribution in [3.8, 4) is 11.4 Å². The number of amides is 2. The summed E-state index contributed by atoms with van der Waals surface area (Å²) >= 11 is 2.19. The molecule has 2 heterocycles. The van der Waals surface area contributed by atoms with Gasteiger partial charge in [-0.05, 0) is 50.6 Å². The van der Waals surface area contributed by atoms with Crippen molar-refractivity contribution in [2.24, 2.45) is 5.73 Å². The van der Waals surface area contributed by atoms with Crippen LogP contribution in [0.1, 0.15) is 39.4 Å². The van der Waals surface area contributed by atoms with Crippen LogP contribution in [0, 0.1) is 6.92 Å². The predicted octanol–water partition coefficient (Wildman–Crippen LogP) is 3.41. The van der Waals surface area contributed by atoms with Gasteiger partial charge in [0.2, 0.25) is 5.91 Å². The topological polar surface area (TPSA) is 132 Å². The molecule has 186 valence electrons. The highest BCUT2D eigenvalue weighted by Crippen LogP contribution is 2.34. The first kappa shape index (κ1) is 26.2. The Labute approximate surface area is 211 Å². The van der Waals surface area contributed by atoms with Crippen molar-refractivity contribution in [2.75, 3.05) is 36.7 Å². The molecule has 35 heavy (non-hydrogen) atoms. The molecule has 0 aliphatic heterocycles. The van der Waals surface area contributed by atoms with Gasteiger partial charge in [0.1, 0.15) is 5.00 Å². The second-order valence-electron chi connectivity index (χ2n) is 7.67. The second-order valence-corrected chi connectivity index (χ2v) is 9.64. The average molecular weight is 517 g/mol. The van der Waals surface area contributed by atoms with Crippen LogP contribution in [0.4, 0.5) is 10.7 Å². The molecule has 3 rings (SSSR count). The molecule has 1 aromatic carbocycles. The van der Waals surface area contributed by atoms with Crippen LogP contribution in [-0.4, -0.2) is 59.0 Å². The third-order valence-corrected chi connectivity index (χ3v) is 7.30. The highest BCUT2D eigenvalue weighted by molar-refractivity contribution is 7.99. The highest BCUT2D eigenvalue weighted by Gasteiger charge is 2.26. The lowest BCUT2D eigenvalue weighted by Crippen LogP contribution is -2.17. The number of thiophene rings is 1. The molecule has 10 nitrogen and oxygen atoms in total. The molecule has 0 unspecified atom stereocenters. The molecular weight excluding hydrogens is 488 g/mol. The number of hydrogen-bond donors (Lipinski definition) is 2. The minimum atomic E-state index is -0.671. The van der Waals surface area contributed by atoms with Crippen LogP contribution in [0.15, 0.2) is 29.4 Å². The SMILES string of the molecule is CCOC(=O)c1c(NC(=O)CSc2nnc(-c3ccc(N(C)C)cc3)n2CC)sc(C(N)=O)c1C. The Hall–Kier alpha value is -3.38. The number of ether oxygens (including phenoxy) is 1. The van der Waals surface area contributed by atoms with E-state index in [9.17, 15) is 14.4 Å². The van der Waals surface area contributed by atoms with E-state index in [2.05, 4.69) is 15.5 Å². The van der Waals surface area contributed by atoms with Crippen molar-refractivity contribution in [1.29, 1.82) is 0 Å². The van der Waals surface area contributed by atoms with E-state index in [-0.39, 0.29) is 33.7 Å². The highest BCUT2D eigenvalue weighted by atomic mass is 32.2. The van der Waals surface area contributed by atoms with Crippen molar-refractivity contribution in [3.05, 3.63) is 40.3 Å². The summed E-state index contributed by atoms with van der Waals surface area (Å²) in [5.41, 5.74) is 7.96.